The predicted molar refractivity (Wildman–Crippen MR) is 114 cm³/mol. The zero-order valence-corrected chi connectivity index (χ0v) is 15.7. The Morgan fingerprint density at radius 2 is 1.43 bits per heavy atom. The lowest BCUT2D eigenvalue weighted by atomic mass is 9.85. The Hall–Kier alpha value is -3.40. The van der Waals surface area contributed by atoms with Crippen molar-refractivity contribution in [3.63, 3.8) is 0 Å². The third kappa shape index (κ3) is 4.12. The molecule has 1 unspecified atom stereocenters. The fraction of sp³-hybridized carbons (Fsp3) is 0.167. The number of para-hydroxylation sites is 2. The lowest BCUT2D eigenvalue weighted by Crippen LogP contribution is -2.34. The molecule has 0 heterocycles. The Morgan fingerprint density at radius 3 is 2.07 bits per heavy atom. The minimum absolute atomic E-state index is 0.273. The van der Waals surface area contributed by atoms with E-state index in [-0.39, 0.29) is 6.03 Å². The Morgan fingerprint density at radius 1 is 0.857 bits per heavy atom. The van der Waals surface area contributed by atoms with Crippen molar-refractivity contribution in [2.75, 3.05) is 4.90 Å². The lowest BCUT2D eigenvalue weighted by molar-refractivity contribution is 0.249. The SMILES string of the molecule is O=C(NN=CC1CCc2ccccc2C1)N(c1ccccc1)c1ccccc1. The van der Waals surface area contributed by atoms with Gasteiger partial charge in [-0.25, -0.2) is 10.2 Å². The van der Waals surface area contributed by atoms with Crippen molar-refractivity contribution in [3.05, 3.63) is 96.1 Å². The Bertz CT molecular complexity index is 914. The molecular weight excluding hydrogens is 346 g/mol. The van der Waals surface area contributed by atoms with Gasteiger partial charge in [0, 0.05) is 12.1 Å². The van der Waals surface area contributed by atoms with Crippen LogP contribution in [0.3, 0.4) is 0 Å². The van der Waals surface area contributed by atoms with Crippen molar-refractivity contribution in [3.8, 4) is 0 Å². The number of aryl methyl sites for hydroxylation is 1. The number of benzene rings is 3. The number of nitrogens with zero attached hydrogens (tertiary/aromatic N) is 2. The Kier molecular flexibility index (Phi) is 5.48. The highest BCUT2D eigenvalue weighted by molar-refractivity contribution is 5.99. The molecule has 0 bridgehead atoms. The van der Waals surface area contributed by atoms with Crippen LogP contribution >= 0.6 is 0 Å². The van der Waals surface area contributed by atoms with Crippen LogP contribution < -0.4 is 10.3 Å². The molecule has 28 heavy (non-hydrogen) atoms. The van der Waals surface area contributed by atoms with Gasteiger partial charge < -0.3 is 0 Å². The quantitative estimate of drug-likeness (QED) is 0.491. The summed E-state index contributed by atoms with van der Waals surface area (Å²) in [5.74, 6) is 0.345. The van der Waals surface area contributed by atoms with Crippen LogP contribution in [0.1, 0.15) is 17.5 Å². The van der Waals surface area contributed by atoms with Crippen molar-refractivity contribution in [1.82, 2.24) is 5.43 Å². The number of carbonyl (C=O) groups excluding carboxylic acids is 1. The first kappa shape index (κ1) is 18.0. The van der Waals surface area contributed by atoms with Crippen molar-refractivity contribution >= 4 is 23.6 Å². The maximum atomic E-state index is 12.9. The molecule has 2 amide bonds. The minimum atomic E-state index is -0.273. The highest BCUT2D eigenvalue weighted by atomic mass is 16.2. The number of rotatable bonds is 4. The molecule has 3 aromatic rings. The number of anilines is 2. The molecule has 1 N–H and O–H groups in total. The van der Waals surface area contributed by atoms with Crippen molar-refractivity contribution < 1.29 is 4.79 Å². The zero-order chi connectivity index (χ0) is 19.2. The molecule has 1 aliphatic carbocycles. The fourth-order valence-corrected chi connectivity index (χ4v) is 3.64. The van der Waals surface area contributed by atoms with Crippen LogP contribution in [0.4, 0.5) is 16.2 Å². The molecule has 4 rings (SSSR count). The normalized spacial score (nSPS) is 15.8. The summed E-state index contributed by atoms with van der Waals surface area (Å²) in [4.78, 5) is 14.5. The van der Waals surface area contributed by atoms with E-state index in [0.717, 1.165) is 30.6 Å². The van der Waals surface area contributed by atoms with Crippen LogP contribution in [0, 0.1) is 5.92 Å². The van der Waals surface area contributed by atoms with Crippen molar-refractivity contribution in [2.45, 2.75) is 19.3 Å². The number of hydrazone groups is 1. The monoisotopic (exact) mass is 369 g/mol. The standard InChI is InChI=1S/C24H23N3O/c28-24(26-25-18-19-15-16-20-9-7-8-10-21(20)17-19)27(22-11-3-1-4-12-22)23-13-5-2-6-14-23/h1-14,18-19H,15-17H2,(H,26,28). The first-order chi connectivity index (χ1) is 13.8. The van der Waals surface area contributed by atoms with Gasteiger partial charge in [-0.2, -0.15) is 5.10 Å². The number of hydrogen-bond donors (Lipinski definition) is 1. The highest BCUT2D eigenvalue weighted by Crippen LogP contribution is 2.26. The summed E-state index contributed by atoms with van der Waals surface area (Å²) in [6.45, 7) is 0. The molecule has 0 spiro atoms. The van der Waals surface area contributed by atoms with Gasteiger partial charge in [0.2, 0.25) is 0 Å². The molecule has 3 aromatic carbocycles. The van der Waals surface area contributed by atoms with E-state index in [9.17, 15) is 4.79 Å². The van der Waals surface area contributed by atoms with Gasteiger partial charge in [0.15, 0.2) is 0 Å². The minimum Gasteiger partial charge on any atom is -0.262 e. The Balaban J connectivity index is 1.46. The average molecular weight is 369 g/mol. The largest absolute Gasteiger partial charge is 0.346 e. The molecule has 1 aliphatic rings. The summed E-state index contributed by atoms with van der Waals surface area (Å²) in [6, 6.07) is 27.5. The molecule has 0 aromatic heterocycles. The summed E-state index contributed by atoms with van der Waals surface area (Å²) < 4.78 is 0. The van der Waals surface area contributed by atoms with Crippen LogP contribution in [0.5, 0.6) is 0 Å². The first-order valence-corrected chi connectivity index (χ1v) is 9.61. The van der Waals surface area contributed by atoms with E-state index in [0.29, 0.717) is 5.92 Å². The summed E-state index contributed by atoms with van der Waals surface area (Å²) in [6.07, 6.45) is 4.96. The van der Waals surface area contributed by atoms with E-state index in [1.165, 1.54) is 11.1 Å². The number of hydrogen-bond acceptors (Lipinski definition) is 2. The summed E-state index contributed by atoms with van der Waals surface area (Å²) in [5, 5.41) is 4.27. The van der Waals surface area contributed by atoms with Gasteiger partial charge in [-0.1, -0.05) is 60.7 Å². The summed E-state index contributed by atoms with van der Waals surface area (Å²) in [7, 11) is 0. The number of carbonyl (C=O) groups is 1. The number of nitrogens with one attached hydrogen (secondary N) is 1. The molecule has 0 saturated heterocycles. The van der Waals surface area contributed by atoms with Crippen LogP contribution in [-0.2, 0) is 12.8 Å². The second kappa shape index (κ2) is 8.53. The van der Waals surface area contributed by atoms with Gasteiger partial charge in [0.1, 0.15) is 0 Å². The topological polar surface area (TPSA) is 44.7 Å². The van der Waals surface area contributed by atoms with Gasteiger partial charge in [0.05, 0.1) is 11.4 Å². The lowest BCUT2D eigenvalue weighted by Gasteiger charge is -2.23. The van der Waals surface area contributed by atoms with Crippen molar-refractivity contribution in [2.24, 2.45) is 11.0 Å². The predicted octanol–water partition coefficient (Wildman–Crippen LogP) is 5.33. The van der Waals surface area contributed by atoms with Gasteiger partial charge in [-0.3, -0.25) is 4.90 Å². The molecule has 0 saturated carbocycles. The molecule has 0 aliphatic heterocycles. The van der Waals surface area contributed by atoms with Crippen LogP contribution in [-0.4, -0.2) is 12.2 Å². The van der Waals surface area contributed by atoms with Crippen molar-refractivity contribution in [1.29, 1.82) is 0 Å². The van der Waals surface area contributed by atoms with Gasteiger partial charge in [-0.15, -0.1) is 0 Å². The summed E-state index contributed by atoms with van der Waals surface area (Å²) >= 11 is 0. The Labute approximate surface area is 165 Å². The smallest absolute Gasteiger partial charge is 0.262 e. The number of urea groups is 1. The molecule has 1 atom stereocenters. The van der Waals surface area contributed by atoms with Crippen LogP contribution in [0.2, 0.25) is 0 Å². The van der Waals surface area contributed by atoms with Crippen LogP contribution in [0.15, 0.2) is 90.0 Å². The molecular formula is C24H23N3O. The number of amides is 2. The fourth-order valence-electron chi connectivity index (χ4n) is 3.64. The van der Waals surface area contributed by atoms with Gasteiger partial charge in [-0.05, 0) is 54.7 Å². The maximum absolute atomic E-state index is 12.9. The second-order valence-electron chi connectivity index (χ2n) is 6.97. The van der Waals surface area contributed by atoms with E-state index in [1.54, 1.807) is 4.90 Å². The first-order valence-electron chi connectivity index (χ1n) is 9.61. The van der Waals surface area contributed by atoms with E-state index in [2.05, 4.69) is 34.8 Å². The van der Waals surface area contributed by atoms with E-state index in [1.807, 2.05) is 66.9 Å². The average Bonchev–Trinajstić information content (AvgIpc) is 2.75. The second-order valence-corrected chi connectivity index (χ2v) is 6.97. The van der Waals surface area contributed by atoms with Gasteiger partial charge in [0.25, 0.3) is 0 Å². The van der Waals surface area contributed by atoms with E-state index < -0.39 is 0 Å². The zero-order valence-electron chi connectivity index (χ0n) is 15.7. The molecule has 0 fully saturated rings. The van der Waals surface area contributed by atoms with E-state index in [4.69, 9.17) is 0 Å². The number of fused-ring (bicyclic) bond motifs is 1. The van der Waals surface area contributed by atoms with E-state index >= 15 is 0 Å². The molecule has 140 valence electrons. The molecule has 0 radical (unpaired) electrons. The van der Waals surface area contributed by atoms with Crippen LogP contribution in [0.25, 0.3) is 0 Å². The maximum Gasteiger partial charge on any atom is 0.346 e. The highest BCUT2D eigenvalue weighted by Gasteiger charge is 2.19. The molecule has 4 nitrogen and oxygen atoms in total. The van der Waals surface area contributed by atoms with Gasteiger partial charge >= 0.3 is 6.03 Å². The third-order valence-corrected chi connectivity index (χ3v) is 5.06. The third-order valence-electron chi connectivity index (χ3n) is 5.06. The molecule has 4 heteroatoms. The summed E-state index contributed by atoms with van der Waals surface area (Å²) in [5.41, 5.74) is 7.11.